The van der Waals surface area contributed by atoms with Crippen LogP contribution in [0.15, 0.2) is 46.2 Å². The van der Waals surface area contributed by atoms with Gasteiger partial charge in [-0.2, -0.15) is 0 Å². The van der Waals surface area contributed by atoms with Gasteiger partial charge < -0.3 is 47.7 Å². The number of carbonyl (C=O) groups is 2. The first-order valence-corrected chi connectivity index (χ1v) is 12.2. The zero-order chi connectivity index (χ0) is 25.8. The molecule has 2 aromatic rings. The number of carboxylic acids is 2. The number of rotatable bonds is 11. The zero-order valence-electron chi connectivity index (χ0n) is 17.1. The van der Waals surface area contributed by atoms with E-state index in [4.69, 9.17) is 0 Å². The van der Waals surface area contributed by atoms with Crippen molar-refractivity contribution in [2.45, 2.75) is 21.9 Å². The van der Waals surface area contributed by atoms with Gasteiger partial charge in [0, 0.05) is 24.2 Å². The van der Waals surface area contributed by atoms with E-state index in [1.807, 2.05) is 0 Å². The maximum atomic E-state index is 11.7. The lowest BCUT2D eigenvalue weighted by Crippen LogP contribution is -2.37. The normalized spacial score (nSPS) is 14.9. The Morgan fingerprint density at radius 1 is 0.676 bits per heavy atom. The second-order valence-electron chi connectivity index (χ2n) is 6.93. The summed E-state index contributed by atoms with van der Waals surface area (Å²) in [4.78, 5) is 22.5. The summed E-state index contributed by atoms with van der Waals surface area (Å²) in [6.07, 6.45) is 0. The standard InChI is InChI=1S/C18H24N2O12S2/c21-13-3-1-9(33(27,28)29)7-11(13)15(17(23)24)19-5-6-20-16(18(25)26)12-8-10(34(30,31)32)2-4-14(12)22/h1-4,7-8,15-16,19-22,27-32H,5-6H2,(H,23,24)(H,25,26). The summed E-state index contributed by atoms with van der Waals surface area (Å²) in [5.41, 5.74) is -0.598. The van der Waals surface area contributed by atoms with Crippen molar-refractivity contribution in [1.82, 2.24) is 10.6 Å². The largest absolute Gasteiger partial charge is 0.508 e. The van der Waals surface area contributed by atoms with E-state index in [9.17, 15) is 57.3 Å². The van der Waals surface area contributed by atoms with E-state index in [0.717, 1.165) is 36.4 Å². The molecule has 0 aliphatic heterocycles. The van der Waals surface area contributed by atoms with Crippen molar-refractivity contribution in [1.29, 1.82) is 0 Å². The first kappa shape index (κ1) is 27.6. The molecular formula is C18H24N2O12S2. The number of phenols is 2. The number of phenolic OH excluding ortho intramolecular Hbond substituents is 2. The molecule has 190 valence electrons. The molecule has 2 unspecified atom stereocenters. The third-order valence-corrected chi connectivity index (χ3v) is 6.34. The summed E-state index contributed by atoms with van der Waals surface area (Å²) >= 11 is 0. The van der Waals surface area contributed by atoms with Crippen LogP contribution in [-0.2, 0) is 9.59 Å². The molecule has 0 spiro atoms. The summed E-state index contributed by atoms with van der Waals surface area (Å²) in [7, 11) is -8.36. The van der Waals surface area contributed by atoms with Gasteiger partial charge >= 0.3 is 11.9 Å². The quantitative estimate of drug-likeness (QED) is 0.188. The van der Waals surface area contributed by atoms with Crippen LogP contribution in [0.4, 0.5) is 0 Å². The van der Waals surface area contributed by atoms with Crippen LogP contribution < -0.4 is 10.6 Å². The molecule has 34 heavy (non-hydrogen) atoms. The highest BCUT2D eigenvalue weighted by atomic mass is 32.3. The van der Waals surface area contributed by atoms with Crippen LogP contribution in [0.1, 0.15) is 23.2 Å². The number of benzene rings is 2. The summed E-state index contributed by atoms with van der Waals surface area (Å²) in [5, 5.41) is 44.0. The van der Waals surface area contributed by atoms with Crippen LogP contribution in [-0.4, -0.2) is 72.8 Å². The van der Waals surface area contributed by atoms with E-state index in [0.29, 0.717) is 0 Å². The minimum Gasteiger partial charge on any atom is -0.508 e. The van der Waals surface area contributed by atoms with Gasteiger partial charge in [0.2, 0.25) is 0 Å². The van der Waals surface area contributed by atoms with Crippen LogP contribution in [0.5, 0.6) is 11.5 Å². The Balaban J connectivity index is 2.17. The summed E-state index contributed by atoms with van der Waals surface area (Å²) < 4.78 is 56.2. The highest BCUT2D eigenvalue weighted by Crippen LogP contribution is 2.46. The van der Waals surface area contributed by atoms with Gasteiger partial charge in [0.1, 0.15) is 45.3 Å². The summed E-state index contributed by atoms with van der Waals surface area (Å²) in [6.45, 7) is -0.426. The first-order valence-electron chi connectivity index (χ1n) is 9.22. The molecule has 0 radical (unpaired) electrons. The van der Waals surface area contributed by atoms with Crippen molar-refractivity contribution in [3.8, 4) is 11.5 Å². The zero-order valence-corrected chi connectivity index (χ0v) is 18.8. The molecule has 2 rings (SSSR count). The minimum absolute atomic E-state index is 0.213. The Labute approximate surface area is 195 Å². The van der Waals surface area contributed by atoms with Gasteiger partial charge in [-0.1, -0.05) is 0 Å². The molecule has 0 aliphatic rings. The van der Waals surface area contributed by atoms with Crippen LogP contribution in [0, 0.1) is 0 Å². The average Bonchev–Trinajstić information content (AvgIpc) is 2.70. The lowest BCUT2D eigenvalue weighted by Gasteiger charge is -2.23. The first-order chi connectivity index (χ1) is 15.6. The van der Waals surface area contributed by atoms with Crippen LogP contribution in [0.25, 0.3) is 0 Å². The van der Waals surface area contributed by atoms with E-state index >= 15 is 0 Å². The van der Waals surface area contributed by atoms with E-state index in [-0.39, 0.29) is 24.2 Å². The molecule has 0 aliphatic carbocycles. The molecule has 2 aromatic carbocycles. The molecule has 12 N–H and O–H groups in total. The lowest BCUT2D eigenvalue weighted by atomic mass is 10.1. The Morgan fingerprint density at radius 2 is 1.00 bits per heavy atom. The van der Waals surface area contributed by atoms with E-state index in [2.05, 4.69) is 10.6 Å². The van der Waals surface area contributed by atoms with Crippen molar-refractivity contribution in [3.05, 3.63) is 47.5 Å². The number of hydrogen-bond acceptors (Lipinski definition) is 12. The number of aromatic hydroxyl groups is 2. The fraction of sp³-hybridized carbons (Fsp3) is 0.222. The smallest absolute Gasteiger partial charge is 0.325 e. The SMILES string of the molecule is O=C(O)C(NCCNC(C(=O)O)c1cc(S(O)(O)O)ccc1O)c1cc(S(O)(O)O)ccc1O. The van der Waals surface area contributed by atoms with Crippen LogP contribution >= 0.6 is 21.7 Å². The van der Waals surface area contributed by atoms with Gasteiger partial charge in [0.05, 0.1) is 9.79 Å². The van der Waals surface area contributed by atoms with Gasteiger partial charge in [-0.05, 0) is 36.4 Å². The maximum Gasteiger partial charge on any atom is 0.325 e. The third-order valence-electron chi connectivity index (χ3n) is 4.57. The van der Waals surface area contributed by atoms with Gasteiger partial charge in [-0.15, -0.1) is 0 Å². The Morgan fingerprint density at radius 3 is 1.26 bits per heavy atom. The highest BCUT2D eigenvalue weighted by Gasteiger charge is 2.28. The van der Waals surface area contributed by atoms with Gasteiger partial charge in [-0.3, -0.25) is 20.2 Å². The lowest BCUT2D eigenvalue weighted by molar-refractivity contribution is -0.141. The number of aliphatic carboxylic acids is 2. The number of nitrogens with one attached hydrogen (secondary N) is 2. The maximum absolute atomic E-state index is 11.7. The van der Waals surface area contributed by atoms with E-state index in [1.165, 1.54) is 0 Å². The monoisotopic (exact) mass is 524 g/mol. The molecule has 0 fully saturated rings. The van der Waals surface area contributed by atoms with Crippen LogP contribution in [0.2, 0.25) is 0 Å². The van der Waals surface area contributed by atoms with Crippen molar-refractivity contribution in [3.63, 3.8) is 0 Å². The van der Waals surface area contributed by atoms with Gasteiger partial charge in [0.15, 0.2) is 0 Å². The summed E-state index contributed by atoms with van der Waals surface area (Å²) in [5.74, 6) is -3.99. The molecule has 0 bridgehead atoms. The topological polar surface area (TPSA) is 260 Å². The molecule has 14 nitrogen and oxygen atoms in total. The van der Waals surface area contributed by atoms with E-state index in [1.54, 1.807) is 0 Å². The van der Waals surface area contributed by atoms with Crippen LogP contribution in [0.3, 0.4) is 0 Å². The van der Waals surface area contributed by atoms with Gasteiger partial charge in [0.25, 0.3) is 0 Å². The minimum atomic E-state index is -4.18. The Bertz CT molecular complexity index is 971. The fourth-order valence-corrected chi connectivity index (χ4v) is 4.03. The molecule has 16 heteroatoms. The molecule has 0 saturated carbocycles. The Kier molecular flexibility index (Phi) is 8.72. The highest BCUT2D eigenvalue weighted by molar-refractivity contribution is 8.19. The number of hydrogen-bond donors (Lipinski definition) is 12. The van der Waals surface area contributed by atoms with Crippen molar-refractivity contribution in [2.24, 2.45) is 0 Å². The molecular weight excluding hydrogens is 500 g/mol. The molecule has 0 aromatic heterocycles. The average molecular weight is 525 g/mol. The predicted molar refractivity (Wildman–Crippen MR) is 120 cm³/mol. The molecule has 0 saturated heterocycles. The fourth-order valence-electron chi connectivity index (χ4n) is 2.96. The van der Waals surface area contributed by atoms with E-state index < -0.39 is 67.1 Å². The summed E-state index contributed by atoms with van der Waals surface area (Å²) in [6, 6.07) is 2.51. The number of carboxylic acid groups (broad SMARTS) is 2. The predicted octanol–water partition coefficient (Wildman–Crippen LogP) is 2.39. The molecule has 0 amide bonds. The van der Waals surface area contributed by atoms with Crippen molar-refractivity contribution in [2.75, 3.05) is 13.1 Å². The van der Waals surface area contributed by atoms with Gasteiger partial charge in [-0.25, -0.2) is 0 Å². The second-order valence-corrected chi connectivity index (χ2v) is 9.95. The molecule has 2 atom stereocenters. The van der Waals surface area contributed by atoms with Crippen molar-refractivity contribution < 1.29 is 57.3 Å². The second kappa shape index (κ2) is 10.7. The Hall–Kier alpha value is -2.64. The van der Waals surface area contributed by atoms with Crippen molar-refractivity contribution >= 4 is 33.7 Å². The third kappa shape index (κ3) is 6.93. The molecule has 0 heterocycles.